The Morgan fingerprint density at radius 1 is 1.23 bits per heavy atom. The minimum Gasteiger partial charge on any atom is -0.374 e. The lowest BCUT2D eigenvalue weighted by molar-refractivity contribution is 0.100. The zero-order valence-electron chi connectivity index (χ0n) is 17.2. The molecular formula is C23H28ClN5O. The monoisotopic (exact) mass is 425 g/mol. The SMILES string of the molecule is Cn1c(C(Nc2cc(CN)ccc2Cl)C2CCCCC2)nc2cc(C(N)=O)ccc21. The minimum atomic E-state index is -0.448. The quantitative estimate of drug-likeness (QED) is 0.540. The average molecular weight is 426 g/mol. The molecule has 0 radical (unpaired) electrons. The number of nitrogens with one attached hydrogen (secondary N) is 1. The number of hydrogen-bond donors (Lipinski definition) is 3. The predicted molar refractivity (Wildman–Crippen MR) is 122 cm³/mol. The van der Waals surface area contributed by atoms with E-state index in [-0.39, 0.29) is 6.04 Å². The van der Waals surface area contributed by atoms with Crippen LogP contribution in [0.15, 0.2) is 36.4 Å². The summed E-state index contributed by atoms with van der Waals surface area (Å²) >= 11 is 6.52. The molecule has 0 saturated heterocycles. The van der Waals surface area contributed by atoms with E-state index in [9.17, 15) is 4.79 Å². The van der Waals surface area contributed by atoms with Crippen molar-refractivity contribution in [3.8, 4) is 0 Å². The molecule has 1 heterocycles. The maximum Gasteiger partial charge on any atom is 0.248 e. The van der Waals surface area contributed by atoms with Gasteiger partial charge in [0.2, 0.25) is 5.91 Å². The van der Waals surface area contributed by atoms with Gasteiger partial charge in [-0.25, -0.2) is 4.98 Å². The van der Waals surface area contributed by atoms with Crippen molar-refractivity contribution in [1.82, 2.24) is 9.55 Å². The Balaban J connectivity index is 1.78. The standard InChI is InChI=1S/C23H28ClN5O/c1-29-20-10-8-16(22(26)30)12-19(20)28-23(29)21(15-5-3-2-4-6-15)27-18-11-14(13-25)7-9-17(18)24/h7-12,15,21,27H,2-6,13,25H2,1H3,(H2,26,30). The van der Waals surface area contributed by atoms with Crippen molar-refractivity contribution >= 4 is 34.2 Å². The molecule has 1 saturated carbocycles. The van der Waals surface area contributed by atoms with Crippen molar-refractivity contribution in [3.63, 3.8) is 0 Å². The number of primary amides is 1. The van der Waals surface area contributed by atoms with Crippen LogP contribution in [0.5, 0.6) is 0 Å². The van der Waals surface area contributed by atoms with Gasteiger partial charge in [0.15, 0.2) is 0 Å². The van der Waals surface area contributed by atoms with Gasteiger partial charge in [0.1, 0.15) is 5.82 Å². The summed E-state index contributed by atoms with van der Waals surface area (Å²) in [6.45, 7) is 0.460. The number of fused-ring (bicyclic) bond motifs is 1. The number of benzene rings is 2. The number of aryl methyl sites for hydroxylation is 1. The van der Waals surface area contributed by atoms with Crippen LogP contribution in [-0.4, -0.2) is 15.5 Å². The van der Waals surface area contributed by atoms with Crippen molar-refractivity contribution in [3.05, 3.63) is 58.4 Å². The number of anilines is 1. The van der Waals surface area contributed by atoms with Crippen LogP contribution in [0.4, 0.5) is 5.69 Å². The number of imidazole rings is 1. The van der Waals surface area contributed by atoms with Crippen LogP contribution in [0.2, 0.25) is 5.02 Å². The summed E-state index contributed by atoms with van der Waals surface area (Å²) in [6.07, 6.45) is 5.99. The van der Waals surface area contributed by atoms with Gasteiger partial charge in [-0.15, -0.1) is 0 Å². The molecule has 1 aliphatic rings. The van der Waals surface area contributed by atoms with Crippen molar-refractivity contribution in [1.29, 1.82) is 0 Å². The van der Waals surface area contributed by atoms with E-state index >= 15 is 0 Å². The van der Waals surface area contributed by atoms with E-state index in [1.807, 2.05) is 31.3 Å². The third kappa shape index (κ3) is 4.02. The van der Waals surface area contributed by atoms with Crippen molar-refractivity contribution in [2.75, 3.05) is 5.32 Å². The molecule has 158 valence electrons. The number of rotatable bonds is 6. The summed E-state index contributed by atoms with van der Waals surface area (Å²) in [5.41, 5.74) is 15.4. The zero-order chi connectivity index (χ0) is 21.3. The highest BCUT2D eigenvalue weighted by molar-refractivity contribution is 6.33. The van der Waals surface area contributed by atoms with E-state index in [1.54, 1.807) is 12.1 Å². The number of nitrogens with zero attached hydrogens (tertiary/aromatic N) is 2. The second kappa shape index (κ2) is 8.66. The maximum absolute atomic E-state index is 11.6. The molecule has 1 aromatic heterocycles. The molecule has 2 aromatic carbocycles. The normalized spacial score (nSPS) is 16.0. The molecule has 1 aliphatic carbocycles. The van der Waals surface area contributed by atoms with Gasteiger partial charge in [-0.05, 0) is 54.7 Å². The van der Waals surface area contributed by atoms with Crippen LogP contribution in [0.3, 0.4) is 0 Å². The summed E-state index contributed by atoms with van der Waals surface area (Å²) < 4.78 is 2.10. The third-order valence-electron chi connectivity index (χ3n) is 6.18. The number of carbonyl (C=O) groups is 1. The van der Waals surface area contributed by atoms with E-state index in [4.69, 9.17) is 28.1 Å². The number of hydrogen-bond acceptors (Lipinski definition) is 4. The topological polar surface area (TPSA) is 99.0 Å². The van der Waals surface area contributed by atoms with E-state index in [0.717, 1.165) is 41.0 Å². The summed E-state index contributed by atoms with van der Waals surface area (Å²) in [7, 11) is 2.02. The van der Waals surface area contributed by atoms with Crippen LogP contribution in [0.1, 0.15) is 59.9 Å². The fourth-order valence-electron chi connectivity index (χ4n) is 4.49. The number of aromatic nitrogens is 2. The van der Waals surface area contributed by atoms with Gasteiger partial charge in [-0.1, -0.05) is 36.9 Å². The summed E-state index contributed by atoms with van der Waals surface area (Å²) in [5, 5.41) is 4.35. The van der Waals surface area contributed by atoms with Crippen molar-refractivity contribution < 1.29 is 4.79 Å². The number of nitrogens with two attached hydrogens (primary N) is 2. The van der Waals surface area contributed by atoms with E-state index in [0.29, 0.717) is 23.0 Å². The molecule has 30 heavy (non-hydrogen) atoms. The Bertz CT molecular complexity index is 1070. The lowest BCUT2D eigenvalue weighted by Crippen LogP contribution is -2.26. The first kappa shape index (κ1) is 20.7. The predicted octanol–water partition coefficient (Wildman–Crippen LogP) is 4.52. The molecule has 1 atom stereocenters. The van der Waals surface area contributed by atoms with Gasteiger partial charge in [-0.2, -0.15) is 0 Å². The maximum atomic E-state index is 11.6. The highest BCUT2D eigenvalue weighted by atomic mass is 35.5. The summed E-state index contributed by atoms with van der Waals surface area (Å²) in [4.78, 5) is 16.5. The molecule has 4 rings (SSSR count). The Morgan fingerprint density at radius 2 is 2.00 bits per heavy atom. The number of amides is 1. The first-order valence-electron chi connectivity index (χ1n) is 10.5. The summed E-state index contributed by atoms with van der Waals surface area (Å²) in [5.74, 6) is 0.937. The first-order chi connectivity index (χ1) is 14.5. The smallest absolute Gasteiger partial charge is 0.248 e. The van der Waals surface area contributed by atoms with Crippen LogP contribution >= 0.6 is 11.6 Å². The fraction of sp³-hybridized carbons (Fsp3) is 0.391. The molecule has 0 spiro atoms. The van der Waals surface area contributed by atoms with Crippen LogP contribution in [0, 0.1) is 5.92 Å². The van der Waals surface area contributed by atoms with Crippen LogP contribution < -0.4 is 16.8 Å². The molecule has 0 aliphatic heterocycles. The number of carbonyl (C=O) groups excluding carboxylic acids is 1. The Hall–Kier alpha value is -2.57. The fourth-order valence-corrected chi connectivity index (χ4v) is 4.66. The largest absolute Gasteiger partial charge is 0.374 e. The highest BCUT2D eigenvalue weighted by Crippen LogP contribution is 2.38. The van der Waals surface area contributed by atoms with Crippen LogP contribution in [-0.2, 0) is 13.6 Å². The third-order valence-corrected chi connectivity index (χ3v) is 6.51. The Labute approximate surface area is 181 Å². The van der Waals surface area contributed by atoms with Crippen LogP contribution in [0.25, 0.3) is 11.0 Å². The molecule has 1 fully saturated rings. The second-order valence-corrected chi connectivity index (χ2v) is 8.54. The van der Waals surface area contributed by atoms with Gasteiger partial charge >= 0.3 is 0 Å². The van der Waals surface area contributed by atoms with E-state index in [1.165, 1.54) is 19.3 Å². The van der Waals surface area contributed by atoms with Gasteiger partial charge in [-0.3, -0.25) is 4.79 Å². The van der Waals surface area contributed by atoms with E-state index in [2.05, 4.69) is 9.88 Å². The number of halogens is 1. The lowest BCUT2D eigenvalue weighted by Gasteiger charge is -2.31. The Morgan fingerprint density at radius 3 is 2.70 bits per heavy atom. The van der Waals surface area contributed by atoms with Crippen molar-refractivity contribution in [2.24, 2.45) is 24.4 Å². The second-order valence-electron chi connectivity index (χ2n) is 8.14. The van der Waals surface area contributed by atoms with Gasteiger partial charge < -0.3 is 21.4 Å². The highest BCUT2D eigenvalue weighted by Gasteiger charge is 2.29. The Kier molecular flexibility index (Phi) is 5.97. The minimum absolute atomic E-state index is 0.00486. The molecule has 3 aromatic rings. The van der Waals surface area contributed by atoms with Gasteiger partial charge in [0.25, 0.3) is 0 Å². The molecular weight excluding hydrogens is 398 g/mol. The summed E-state index contributed by atoms with van der Waals surface area (Å²) in [6, 6.07) is 11.3. The molecule has 0 bridgehead atoms. The molecule has 6 nitrogen and oxygen atoms in total. The first-order valence-corrected chi connectivity index (χ1v) is 10.9. The molecule has 5 N–H and O–H groups in total. The van der Waals surface area contributed by atoms with Gasteiger partial charge in [0.05, 0.1) is 27.8 Å². The van der Waals surface area contributed by atoms with E-state index < -0.39 is 5.91 Å². The molecule has 1 amide bonds. The molecule has 7 heteroatoms. The average Bonchev–Trinajstić information content (AvgIpc) is 3.09. The van der Waals surface area contributed by atoms with Gasteiger partial charge in [0, 0.05) is 19.2 Å². The lowest BCUT2D eigenvalue weighted by atomic mass is 9.83. The zero-order valence-corrected chi connectivity index (χ0v) is 18.0. The van der Waals surface area contributed by atoms with Crippen molar-refractivity contribution in [2.45, 2.75) is 44.7 Å². The molecule has 1 unspecified atom stereocenters.